The number of hydrogen-bond acceptors (Lipinski definition) is 2. The van der Waals surface area contributed by atoms with E-state index in [1.807, 2.05) is 12.1 Å². The zero-order chi connectivity index (χ0) is 40.3. The number of nitrogens with zero attached hydrogens (tertiary/aromatic N) is 2. The molecule has 0 aliphatic rings. The molecule has 0 fully saturated rings. The van der Waals surface area contributed by atoms with E-state index in [1.54, 1.807) is 0 Å². The van der Waals surface area contributed by atoms with Crippen LogP contribution in [0.2, 0.25) is 0 Å². The Balaban J connectivity index is 0.977. The molecule has 0 saturated carbocycles. The molecular weight excluding hydrogens is 741 g/mol. The van der Waals surface area contributed by atoms with Crippen LogP contribution in [0.15, 0.2) is 235 Å². The van der Waals surface area contributed by atoms with Crippen molar-refractivity contribution in [2.24, 2.45) is 0 Å². The van der Waals surface area contributed by atoms with Gasteiger partial charge in [-0.1, -0.05) is 164 Å². The smallest absolute Gasteiger partial charge is 0.137 e. The highest BCUT2D eigenvalue weighted by atomic mass is 16.3. The van der Waals surface area contributed by atoms with E-state index in [2.05, 4.69) is 228 Å². The molecule has 0 N–H and O–H groups in total. The van der Waals surface area contributed by atoms with Crippen molar-refractivity contribution in [3.05, 3.63) is 231 Å². The Morgan fingerprint density at radius 3 is 1.69 bits per heavy atom. The highest BCUT2D eigenvalue weighted by molar-refractivity contribution is 6.18. The third-order valence-electron chi connectivity index (χ3n) is 12.2. The van der Waals surface area contributed by atoms with Crippen molar-refractivity contribution < 1.29 is 4.42 Å². The lowest BCUT2D eigenvalue weighted by molar-refractivity contribution is 0.669. The van der Waals surface area contributed by atoms with Crippen molar-refractivity contribution in [2.75, 3.05) is 4.90 Å². The quantitative estimate of drug-likeness (QED) is 0.161. The Kier molecular flexibility index (Phi) is 8.17. The molecule has 0 unspecified atom stereocenters. The lowest BCUT2D eigenvalue weighted by atomic mass is 9.93. The van der Waals surface area contributed by atoms with Gasteiger partial charge in [0, 0.05) is 56.4 Å². The van der Waals surface area contributed by atoms with Gasteiger partial charge < -0.3 is 13.7 Å². The second-order valence-electron chi connectivity index (χ2n) is 15.7. The van der Waals surface area contributed by atoms with E-state index in [0.29, 0.717) is 0 Å². The molecule has 12 rings (SSSR count). The zero-order valence-electron chi connectivity index (χ0n) is 33.2. The fourth-order valence-corrected chi connectivity index (χ4v) is 9.35. The normalized spacial score (nSPS) is 11.6. The maximum absolute atomic E-state index is 6.42. The van der Waals surface area contributed by atoms with Gasteiger partial charge in [-0.25, -0.2) is 0 Å². The Morgan fingerprint density at radius 1 is 0.361 bits per heavy atom. The summed E-state index contributed by atoms with van der Waals surface area (Å²) in [6.07, 6.45) is 2.22. The van der Waals surface area contributed by atoms with Crippen molar-refractivity contribution in [3.8, 4) is 44.5 Å². The minimum Gasteiger partial charge on any atom is -0.456 e. The number of furan rings is 1. The van der Waals surface area contributed by atoms with Crippen LogP contribution >= 0.6 is 0 Å². The molecule has 0 bridgehead atoms. The summed E-state index contributed by atoms with van der Waals surface area (Å²) in [7, 11) is 0. The van der Waals surface area contributed by atoms with Gasteiger partial charge in [0.15, 0.2) is 0 Å². The van der Waals surface area contributed by atoms with Gasteiger partial charge in [0.1, 0.15) is 11.2 Å². The summed E-state index contributed by atoms with van der Waals surface area (Å²) in [5.41, 5.74) is 16.9. The van der Waals surface area contributed by atoms with Crippen LogP contribution in [0, 0.1) is 0 Å². The number of aromatic nitrogens is 1. The van der Waals surface area contributed by atoms with Crippen molar-refractivity contribution in [1.82, 2.24) is 4.40 Å². The van der Waals surface area contributed by atoms with Crippen LogP contribution in [0.25, 0.3) is 93.6 Å². The van der Waals surface area contributed by atoms with E-state index >= 15 is 0 Å². The second kappa shape index (κ2) is 14.3. The van der Waals surface area contributed by atoms with Crippen LogP contribution in [-0.4, -0.2) is 4.40 Å². The van der Waals surface area contributed by atoms with Crippen molar-refractivity contribution in [1.29, 1.82) is 0 Å². The van der Waals surface area contributed by atoms with Gasteiger partial charge in [0.05, 0.1) is 11.0 Å². The third kappa shape index (κ3) is 5.90. The maximum Gasteiger partial charge on any atom is 0.137 e. The molecule has 0 amide bonds. The van der Waals surface area contributed by atoms with Crippen molar-refractivity contribution in [2.45, 2.75) is 0 Å². The lowest BCUT2D eigenvalue weighted by Crippen LogP contribution is -2.10. The summed E-state index contributed by atoms with van der Waals surface area (Å²) in [4.78, 5) is 2.34. The fourth-order valence-electron chi connectivity index (χ4n) is 9.35. The van der Waals surface area contributed by atoms with E-state index in [-0.39, 0.29) is 0 Å². The van der Waals surface area contributed by atoms with Gasteiger partial charge in [0.2, 0.25) is 0 Å². The van der Waals surface area contributed by atoms with E-state index in [9.17, 15) is 0 Å². The van der Waals surface area contributed by atoms with Crippen LogP contribution < -0.4 is 4.90 Å². The first-order valence-electron chi connectivity index (χ1n) is 20.8. The largest absolute Gasteiger partial charge is 0.456 e. The molecule has 0 atom stereocenters. The molecule has 61 heavy (non-hydrogen) atoms. The summed E-state index contributed by atoms with van der Waals surface area (Å²) in [6.45, 7) is 0. The first kappa shape index (κ1) is 34.9. The molecule has 286 valence electrons. The number of hydrogen-bond donors (Lipinski definition) is 0. The first-order chi connectivity index (χ1) is 30.2. The summed E-state index contributed by atoms with van der Waals surface area (Å²) < 4.78 is 8.79. The molecule has 0 aliphatic heterocycles. The van der Waals surface area contributed by atoms with Gasteiger partial charge in [-0.3, -0.25) is 0 Å². The Hall–Kier alpha value is -8.14. The number of fused-ring (bicyclic) bond motifs is 8. The summed E-state index contributed by atoms with van der Waals surface area (Å²) in [6, 6.07) is 80.6. The molecule has 9 aromatic carbocycles. The van der Waals surface area contributed by atoms with Gasteiger partial charge in [0.25, 0.3) is 0 Å². The van der Waals surface area contributed by atoms with Crippen LogP contribution in [0.4, 0.5) is 17.1 Å². The number of para-hydroxylation sites is 2. The summed E-state index contributed by atoms with van der Waals surface area (Å²) in [5.74, 6) is 0. The van der Waals surface area contributed by atoms with Crippen LogP contribution in [-0.2, 0) is 0 Å². The number of rotatable bonds is 7. The second-order valence-corrected chi connectivity index (χ2v) is 15.7. The Labute approximate surface area is 353 Å². The lowest BCUT2D eigenvalue weighted by Gasteiger charge is -2.26. The van der Waals surface area contributed by atoms with Gasteiger partial charge in [-0.05, 0) is 98.9 Å². The first-order valence-corrected chi connectivity index (χ1v) is 20.8. The number of benzene rings is 9. The number of anilines is 3. The van der Waals surface area contributed by atoms with E-state index in [1.165, 1.54) is 55.0 Å². The van der Waals surface area contributed by atoms with Crippen molar-refractivity contribution >= 4 is 66.2 Å². The Bertz CT molecular complexity index is 3580. The molecule has 3 heteroatoms. The average molecular weight is 779 g/mol. The van der Waals surface area contributed by atoms with E-state index in [4.69, 9.17) is 4.42 Å². The van der Waals surface area contributed by atoms with E-state index in [0.717, 1.165) is 55.7 Å². The molecule has 3 aromatic heterocycles. The highest BCUT2D eigenvalue weighted by Gasteiger charge is 2.20. The SMILES string of the molecule is c1ccc(-c2cccc(N(c3cccc(-c4ccc(-c5cccc6ccn7c8ccccc8c(-c8ccccc8)c7c56)cc4)c3)c3ccc4c(c3)oc3ccccc34)c2)cc1. The third-order valence-corrected chi connectivity index (χ3v) is 12.2. The average Bonchev–Trinajstić information content (AvgIpc) is 3.88. The highest BCUT2D eigenvalue weighted by Crippen LogP contribution is 2.44. The van der Waals surface area contributed by atoms with E-state index < -0.39 is 0 Å². The van der Waals surface area contributed by atoms with Gasteiger partial charge in [-0.15, -0.1) is 0 Å². The minimum absolute atomic E-state index is 0.865. The summed E-state index contributed by atoms with van der Waals surface area (Å²) in [5, 5.41) is 5.96. The zero-order valence-corrected chi connectivity index (χ0v) is 33.2. The standard InChI is InChI=1S/C58H38N2O/c1-3-14-39(15-4-1)44-19-11-21-46(36-44)60(48-32-33-51-50-23-8-10-27-54(50)61-55(51)38-48)47-22-12-20-45(37-47)40-28-30-41(31-29-40)49-25-13-18-43-34-35-59-53-26-9-7-24-52(53)57(58(59)56(43)49)42-16-5-2-6-17-42/h1-38H. The molecule has 0 spiro atoms. The van der Waals surface area contributed by atoms with Crippen LogP contribution in [0.1, 0.15) is 0 Å². The minimum atomic E-state index is 0.865. The van der Waals surface area contributed by atoms with Gasteiger partial charge >= 0.3 is 0 Å². The fraction of sp³-hybridized carbons (Fsp3) is 0. The molecule has 3 heterocycles. The number of pyridine rings is 1. The molecule has 0 radical (unpaired) electrons. The molecule has 0 saturated heterocycles. The molecule has 0 aliphatic carbocycles. The van der Waals surface area contributed by atoms with Crippen molar-refractivity contribution in [3.63, 3.8) is 0 Å². The summed E-state index contributed by atoms with van der Waals surface area (Å²) >= 11 is 0. The predicted molar refractivity (Wildman–Crippen MR) is 256 cm³/mol. The monoisotopic (exact) mass is 778 g/mol. The van der Waals surface area contributed by atoms with Crippen LogP contribution in [0.3, 0.4) is 0 Å². The van der Waals surface area contributed by atoms with Gasteiger partial charge in [-0.2, -0.15) is 0 Å². The van der Waals surface area contributed by atoms with Crippen LogP contribution in [0.5, 0.6) is 0 Å². The topological polar surface area (TPSA) is 20.8 Å². The molecular formula is C58H38N2O. The molecule has 12 aromatic rings. The predicted octanol–water partition coefficient (Wildman–Crippen LogP) is 16.3. The molecule has 3 nitrogen and oxygen atoms in total. The maximum atomic E-state index is 6.42. The Morgan fingerprint density at radius 2 is 0.934 bits per heavy atom.